The predicted molar refractivity (Wildman–Crippen MR) is 75.5 cm³/mol. The summed E-state index contributed by atoms with van der Waals surface area (Å²) in [6, 6.07) is 6.10. The summed E-state index contributed by atoms with van der Waals surface area (Å²) in [5.74, 6) is 2.53. The van der Waals surface area contributed by atoms with Gasteiger partial charge in [0.05, 0.1) is 6.04 Å². The summed E-state index contributed by atoms with van der Waals surface area (Å²) in [5, 5.41) is 0. The summed E-state index contributed by atoms with van der Waals surface area (Å²) >= 11 is 0. The first-order chi connectivity index (χ1) is 9.28. The van der Waals surface area contributed by atoms with Gasteiger partial charge in [-0.2, -0.15) is 0 Å². The zero-order chi connectivity index (χ0) is 13.2. The van der Waals surface area contributed by atoms with Gasteiger partial charge in [-0.05, 0) is 43.7 Å². The third-order valence-electron chi connectivity index (χ3n) is 4.45. The SMILES string of the molecule is CCC1CCCCC1Oc1ccc2c(c1)OCC2N. The summed E-state index contributed by atoms with van der Waals surface area (Å²) in [6.07, 6.45) is 6.68. The van der Waals surface area contributed by atoms with Crippen LogP contribution in [0, 0.1) is 5.92 Å². The van der Waals surface area contributed by atoms with E-state index in [1.54, 1.807) is 0 Å². The first-order valence-corrected chi connectivity index (χ1v) is 7.47. The van der Waals surface area contributed by atoms with E-state index in [0.29, 0.717) is 18.6 Å². The number of hydrogen-bond acceptors (Lipinski definition) is 3. The van der Waals surface area contributed by atoms with Gasteiger partial charge in [0.1, 0.15) is 24.2 Å². The maximum atomic E-state index is 6.20. The highest BCUT2D eigenvalue weighted by atomic mass is 16.5. The second-order valence-electron chi connectivity index (χ2n) is 5.73. The van der Waals surface area contributed by atoms with E-state index in [9.17, 15) is 0 Å². The third-order valence-corrected chi connectivity index (χ3v) is 4.45. The van der Waals surface area contributed by atoms with E-state index < -0.39 is 0 Å². The Kier molecular flexibility index (Phi) is 3.65. The van der Waals surface area contributed by atoms with Crippen molar-refractivity contribution >= 4 is 0 Å². The minimum atomic E-state index is 0.0159. The summed E-state index contributed by atoms with van der Waals surface area (Å²) in [6.45, 7) is 2.84. The molecule has 0 amide bonds. The van der Waals surface area contributed by atoms with Gasteiger partial charge in [-0.15, -0.1) is 0 Å². The number of hydrogen-bond donors (Lipinski definition) is 1. The lowest BCUT2D eigenvalue weighted by Gasteiger charge is -2.31. The van der Waals surface area contributed by atoms with Crippen molar-refractivity contribution in [3.8, 4) is 11.5 Å². The zero-order valence-electron chi connectivity index (χ0n) is 11.6. The average Bonchev–Trinajstić information content (AvgIpc) is 2.81. The van der Waals surface area contributed by atoms with Crippen LogP contribution in [0.1, 0.15) is 50.6 Å². The standard InChI is InChI=1S/C16H23NO2/c1-2-11-5-3-4-6-15(11)19-12-7-8-13-14(17)10-18-16(13)9-12/h7-9,11,14-15H,2-6,10,17H2,1H3. The van der Waals surface area contributed by atoms with Gasteiger partial charge in [-0.1, -0.05) is 13.3 Å². The molecule has 1 aliphatic carbocycles. The van der Waals surface area contributed by atoms with E-state index in [4.69, 9.17) is 15.2 Å². The van der Waals surface area contributed by atoms with Crippen molar-refractivity contribution in [3.63, 3.8) is 0 Å². The lowest BCUT2D eigenvalue weighted by atomic mass is 9.85. The van der Waals surface area contributed by atoms with Crippen molar-refractivity contribution in [2.24, 2.45) is 11.7 Å². The van der Waals surface area contributed by atoms with Crippen molar-refractivity contribution in [1.82, 2.24) is 0 Å². The van der Waals surface area contributed by atoms with Crippen LogP contribution in [0.25, 0.3) is 0 Å². The zero-order valence-corrected chi connectivity index (χ0v) is 11.6. The molecule has 1 aromatic carbocycles. The molecule has 0 bridgehead atoms. The molecule has 3 unspecified atom stereocenters. The summed E-state index contributed by atoms with van der Waals surface area (Å²) in [4.78, 5) is 0. The molecule has 2 N–H and O–H groups in total. The first-order valence-electron chi connectivity index (χ1n) is 7.47. The van der Waals surface area contributed by atoms with Crippen LogP contribution < -0.4 is 15.2 Å². The fraction of sp³-hybridized carbons (Fsp3) is 0.625. The van der Waals surface area contributed by atoms with E-state index in [-0.39, 0.29) is 6.04 Å². The minimum Gasteiger partial charge on any atom is -0.491 e. The summed E-state index contributed by atoms with van der Waals surface area (Å²) < 4.78 is 11.8. The van der Waals surface area contributed by atoms with E-state index >= 15 is 0 Å². The van der Waals surface area contributed by atoms with Gasteiger partial charge < -0.3 is 15.2 Å². The number of fused-ring (bicyclic) bond motifs is 1. The second kappa shape index (κ2) is 5.41. The minimum absolute atomic E-state index is 0.0159. The van der Waals surface area contributed by atoms with Crippen molar-refractivity contribution in [3.05, 3.63) is 23.8 Å². The first kappa shape index (κ1) is 12.8. The lowest BCUT2D eigenvalue weighted by molar-refractivity contribution is 0.0901. The van der Waals surface area contributed by atoms with Crippen molar-refractivity contribution in [2.45, 2.75) is 51.2 Å². The Hall–Kier alpha value is -1.22. The maximum Gasteiger partial charge on any atom is 0.127 e. The molecule has 0 saturated heterocycles. The largest absolute Gasteiger partial charge is 0.491 e. The van der Waals surface area contributed by atoms with Crippen molar-refractivity contribution in [2.75, 3.05) is 6.61 Å². The fourth-order valence-corrected chi connectivity index (χ4v) is 3.26. The Morgan fingerprint density at radius 1 is 1.32 bits per heavy atom. The van der Waals surface area contributed by atoms with E-state index in [1.807, 2.05) is 18.2 Å². The number of nitrogens with two attached hydrogens (primary N) is 1. The molecule has 3 heteroatoms. The molecule has 1 aromatic rings. The van der Waals surface area contributed by atoms with E-state index in [1.165, 1.54) is 32.1 Å². The van der Waals surface area contributed by atoms with Gasteiger partial charge >= 0.3 is 0 Å². The van der Waals surface area contributed by atoms with Crippen LogP contribution in [-0.4, -0.2) is 12.7 Å². The lowest BCUT2D eigenvalue weighted by Crippen LogP contribution is -2.29. The van der Waals surface area contributed by atoms with Crippen LogP contribution in [0.15, 0.2) is 18.2 Å². The van der Waals surface area contributed by atoms with Gasteiger partial charge in [0.15, 0.2) is 0 Å². The Morgan fingerprint density at radius 2 is 2.16 bits per heavy atom. The molecule has 3 nitrogen and oxygen atoms in total. The van der Waals surface area contributed by atoms with E-state index in [0.717, 1.165) is 17.1 Å². The predicted octanol–water partition coefficient (Wildman–Crippen LogP) is 3.43. The van der Waals surface area contributed by atoms with E-state index in [2.05, 4.69) is 6.92 Å². The molecule has 0 aromatic heterocycles. The molecule has 1 aliphatic heterocycles. The Bertz CT molecular complexity index is 446. The normalized spacial score (nSPS) is 29.7. The second-order valence-corrected chi connectivity index (χ2v) is 5.73. The van der Waals surface area contributed by atoms with Crippen LogP contribution in [0.4, 0.5) is 0 Å². The highest BCUT2D eigenvalue weighted by Gasteiger charge is 2.26. The van der Waals surface area contributed by atoms with Crippen LogP contribution in [0.3, 0.4) is 0 Å². The van der Waals surface area contributed by atoms with Gasteiger partial charge in [0, 0.05) is 11.6 Å². The average molecular weight is 261 g/mol. The summed E-state index contributed by atoms with van der Waals surface area (Å²) in [7, 11) is 0. The number of benzene rings is 1. The maximum absolute atomic E-state index is 6.20. The molecule has 1 fully saturated rings. The van der Waals surface area contributed by atoms with Crippen LogP contribution in [0.5, 0.6) is 11.5 Å². The molecule has 1 heterocycles. The molecule has 2 aliphatic rings. The Morgan fingerprint density at radius 3 is 3.00 bits per heavy atom. The number of rotatable bonds is 3. The van der Waals surface area contributed by atoms with Crippen LogP contribution in [0.2, 0.25) is 0 Å². The molecule has 1 saturated carbocycles. The number of ether oxygens (including phenoxy) is 2. The molecule has 19 heavy (non-hydrogen) atoms. The smallest absolute Gasteiger partial charge is 0.127 e. The molecule has 104 valence electrons. The Labute approximate surface area is 115 Å². The fourth-order valence-electron chi connectivity index (χ4n) is 3.26. The molecule has 0 spiro atoms. The molecule has 0 radical (unpaired) electrons. The molecular formula is C16H23NO2. The van der Waals surface area contributed by atoms with Gasteiger partial charge in [0.25, 0.3) is 0 Å². The van der Waals surface area contributed by atoms with Gasteiger partial charge in [0.2, 0.25) is 0 Å². The third kappa shape index (κ3) is 2.57. The van der Waals surface area contributed by atoms with Crippen molar-refractivity contribution in [1.29, 1.82) is 0 Å². The quantitative estimate of drug-likeness (QED) is 0.906. The van der Waals surface area contributed by atoms with Crippen LogP contribution in [-0.2, 0) is 0 Å². The monoisotopic (exact) mass is 261 g/mol. The molecular weight excluding hydrogens is 238 g/mol. The highest BCUT2D eigenvalue weighted by molar-refractivity contribution is 5.44. The topological polar surface area (TPSA) is 44.5 Å². The van der Waals surface area contributed by atoms with Gasteiger partial charge in [-0.3, -0.25) is 0 Å². The highest BCUT2D eigenvalue weighted by Crippen LogP contribution is 2.36. The Balaban J connectivity index is 1.73. The van der Waals surface area contributed by atoms with Crippen molar-refractivity contribution < 1.29 is 9.47 Å². The summed E-state index contributed by atoms with van der Waals surface area (Å²) in [5.41, 5.74) is 7.06. The molecule has 3 atom stereocenters. The van der Waals surface area contributed by atoms with Crippen LogP contribution >= 0.6 is 0 Å². The molecule has 3 rings (SSSR count). The van der Waals surface area contributed by atoms with Gasteiger partial charge in [-0.25, -0.2) is 0 Å².